The lowest BCUT2D eigenvalue weighted by Gasteiger charge is -2.58. The number of hydrogen-bond donors (Lipinski definition) is 4. The summed E-state index contributed by atoms with van der Waals surface area (Å²) in [5, 5.41) is 27.0. The van der Waals surface area contributed by atoms with Gasteiger partial charge in [-0.1, -0.05) is 18.2 Å². The predicted octanol–water partition coefficient (Wildman–Crippen LogP) is 9.04. The van der Waals surface area contributed by atoms with Crippen molar-refractivity contribution in [3.05, 3.63) is 118 Å². The van der Waals surface area contributed by atoms with Crippen LogP contribution in [0.3, 0.4) is 0 Å². The summed E-state index contributed by atoms with van der Waals surface area (Å²) in [6.45, 7) is 15.1. The summed E-state index contributed by atoms with van der Waals surface area (Å²) in [6.07, 6.45) is 10.8. The number of anilines is 5. The van der Waals surface area contributed by atoms with E-state index in [2.05, 4.69) is 83.8 Å². The van der Waals surface area contributed by atoms with Crippen LogP contribution in [0.25, 0.3) is 11.0 Å². The fourth-order valence-corrected chi connectivity index (χ4v) is 16.6. The van der Waals surface area contributed by atoms with Crippen LogP contribution >= 0.6 is 0 Å². The molecule has 6 aliphatic heterocycles. The second kappa shape index (κ2) is 25.0. The Kier molecular flexibility index (Phi) is 16.8. The van der Waals surface area contributed by atoms with Gasteiger partial charge in [-0.3, -0.25) is 24.7 Å². The Morgan fingerprint density at radius 2 is 1.68 bits per heavy atom. The number of piperidine rings is 1. The molecule has 0 bridgehead atoms. The van der Waals surface area contributed by atoms with E-state index in [9.17, 15) is 28.4 Å². The molecule has 6 fully saturated rings. The molecule has 2 saturated carbocycles. The van der Waals surface area contributed by atoms with Crippen molar-refractivity contribution in [3.8, 4) is 17.4 Å². The van der Waals surface area contributed by atoms with Gasteiger partial charge in [0.25, 0.3) is 21.6 Å². The SMILES string of the molecule is COc1c(N2CCOCC2)ncc2c1COC[C@@H]2N1CCN(C2CC3(CCN(c4ccc(C(=O)NS(=O)(=O)c5ccc(NCC6CCC(C)(O)CC6)c([N+](=O)[O-])c5)c(N5c6cc7cc[nH]c7nc6O[C@H]6COCC[C@@H]65)c4)CC3)C2)[C@@H](c2ccccc2OC(C)C)C1. The van der Waals surface area contributed by atoms with E-state index in [1.807, 2.05) is 37.4 Å². The van der Waals surface area contributed by atoms with Gasteiger partial charge < -0.3 is 58.5 Å². The molecule has 4 saturated heterocycles. The lowest BCUT2D eigenvalue weighted by molar-refractivity contribution is -0.384. The number of aromatic nitrogens is 3. The van der Waals surface area contributed by atoms with E-state index in [0.717, 1.165) is 130 Å². The summed E-state index contributed by atoms with van der Waals surface area (Å²) in [5.74, 6) is 2.18. The molecule has 3 aromatic heterocycles. The van der Waals surface area contributed by atoms with Crippen molar-refractivity contribution in [1.82, 2.24) is 29.5 Å². The van der Waals surface area contributed by atoms with Crippen LogP contribution in [-0.4, -0.2) is 172 Å². The minimum atomic E-state index is -4.66. The molecule has 2 aliphatic carbocycles. The van der Waals surface area contributed by atoms with E-state index < -0.39 is 43.1 Å². The number of fused-ring (bicyclic) bond motifs is 4. The molecule has 23 nitrogen and oxygen atoms in total. The van der Waals surface area contributed by atoms with Gasteiger partial charge in [-0.05, 0) is 144 Å². The third kappa shape index (κ3) is 12.1. The number of hydrogen-bond acceptors (Lipinski definition) is 20. The molecule has 14 rings (SSSR count). The van der Waals surface area contributed by atoms with Gasteiger partial charge in [0, 0.05) is 106 Å². The Hall–Kier alpha value is -7.32. The van der Waals surface area contributed by atoms with Crippen molar-refractivity contribution in [1.29, 1.82) is 0 Å². The summed E-state index contributed by atoms with van der Waals surface area (Å²) in [7, 11) is -2.93. The van der Waals surface area contributed by atoms with Gasteiger partial charge in [0.2, 0.25) is 5.88 Å². The van der Waals surface area contributed by atoms with Gasteiger partial charge in [0.05, 0.1) is 91.0 Å². The number of methoxy groups -OCH3 is 1. The summed E-state index contributed by atoms with van der Waals surface area (Å²) in [6, 6.07) is 21.8. The number of carbonyl (C=O) groups excluding carboxylic acids is 1. The van der Waals surface area contributed by atoms with E-state index >= 15 is 0 Å². The zero-order valence-corrected chi connectivity index (χ0v) is 53.1. The van der Waals surface area contributed by atoms with Crippen molar-refractivity contribution in [2.45, 2.75) is 132 Å². The van der Waals surface area contributed by atoms with Gasteiger partial charge >= 0.3 is 0 Å². The molecule has 4 atom stereocenters. The number of benzene rings is 3. The second-order valence-corrected chi connectivity index (χ2v) is 28.4. The molecule has 91 heavy (non-hydrogen) atoms. The highest BCUT2D eigenvalue weighted by Gasteiger charge is 2.51. The zero-order chi connectivity index (χ0) is 62.8. The van der Waals surface area contributed by atoms with Gasteiger partial charge in [-0.2, -0.15) is 4.98 Å². The van der Waals surface area contributed by atoms with Crippen LogP contribution in [0.15, 0.2) is 90.1 Å². The number of piperazine rings is 1. The number of pyridine rings is 2. The molecule has 0 radical (unpaired) electrons. The Balaban J connectivity index is 0.718. The maximum absolute atomic E-state index is 14.9. The molecule has 6 aromatic rings. The molecule has 1 spiro atoms. The minimum Gasteiger partial charge on any atom is -0.492 e. The van der Waals surface area contributed by atoms with Crippen LogP contribution < -0.4 is 38.9 Å². The highest BCUT2D eigenvalue weighted by molar-refractivity contribution is 7.90. The zero-order valence-electron chi connectivity index (χ0n) is 52.3. The van der Waals surface area contributed by atoms with E-state index in [0.29, 0.717) is 87.8 Å². The van der Waals surface area contributed by atoms with E-state index in [1.165, 1.54) is 17.7 Å². The number of nitrogens with zero attached hydrogens (tertiary/aromatic N) is 8. The fourth-order valence-electron chi connectivity index (χ4n) is 15.6. The highest BCUT2D eigenvalue weighted by atomic mass is 32.2. The molecule has 4 N–H and O–H groups in total. The first-order chi connectivity index (χ1) is 44.0. The number of aliphatic hydroxyl groups is 1. The quantitative estimate of drug-likeness (QED) is 0.0521. The normalized spacial score (nSPS) is 25.5. The molecular formula is C67H83N11O12S. The Morgan fingerprint density at radius 1 is 0.879 bits per heavy atom. The topological polar surface area (TPSA) is 252 Å². The average molecular weight is 1270 g/mol. The molecule has 8 aliphatic rings. The minimum absolute atomic E-state index is 0.000479. The maximum Gasteiger partial charge on any atom is 0.293 e. The number of H-pyrrole nitrogens is 1. The van der Waals surface area contributed by atoms with E-state index in [-0.39, 0.29) is 53.4 Å². The van der Waals surface area contributed by atoms with Crippen molar-refractivity contribution >= 4 is 61.2 Å². The molecule has 1 amide bonds. The largest absolute Gasteiger partial charge is 0.492 e. The number of nitro benzene ring substituents is 1. The highest BCUT2D eigenvalue weighted by Crippen LogP contribution is 2.55. The standard InChI is InChI=1S/C67H83N11O12S/c1-42(2)89-59-8-6-5-7-48(59)57-38-75(58-40-88-39-51-50(58)37-70-63(61(51)85-4)74-26-29-86-30-27-74)24-25-76(57)46-34-67(35-46)19-22-73(23-20-67)45-9-11-49(54(32-45)77-53-16-28-87-41-60(53)90-65-56(77)31-44-15-21-68-62(44)71-65)64(79)72-91(83,84)47-10-12-52(55(33-47)78(81)82)69-36-43-13-17-66(3,80)18-14-43/h5-12,15,21,31-33,37,42-43,46,53,57-58,60,69,80H,13-14,16-20,22-30,34-36,38-41H2,1-4H3,(H,68,71)(H,72,79)/t43?,53-,57+,58-,60-,66?/m0/s1. The number of amides is 1. The summed E-state index contributed by atoms with van der Waals surface area (Å²) in [5.41, 5.74) is 5.28. The van der Waals surface area contributed by atoms with Crippen LogP contribution in [0.5, 0.6) is 17.4 Å². The second-order valence-electron chi connectivity index (χ2n) is 26.8. The Morgan fingerprint density at radius 3 is 2.46 bits per heavy atom. The molecular weight excluding hydrogens is 1180 g/mol. The first kappa shape index (κ1) is 61.2. The number of rotatable bonds is 16. The van der Waals surface area contributed by atoms with Gasteiger partial charge in [0.15, 0.2) is 11.6 Å². The smallest absolute Gasteiger partial charge is 0.293 e. The number of para-hydroxylation sites is 1. The number of carbonyl (C=O) groups is 1. The lowest BCUT2D eigenvalue weighted by Crippen LogP contribution is -2.60. The first-order valence-corrected chi connectivity index (χ1v) is 33.9. The van der Waals surface area contributed by atoms with E-state index in [4.69, 9.17) is 38.4 Å². The van der Waals surface area contributed by atoms with Crippen LogP contribution in [0.2, 0.25) is 0 Å². The number of sulfonamides is 1. The Labute approximate surface area is 530 Å². The third-order valence-electron chi connectivity index (χ3n) is 20.6. The van der Waals surface area contributed by atoms with Crippen molar-refractivity contribution in [3.63, 3.8) is 0 Å². The average Bonchev–Trinajstić information content (AvgIpc) is 1.36. The van der Waals surface area contributed by atoms with Crippen molar-refractivity contribution < 1.29 is 51.7 Å². The number of nitro groups is 1. The molecule has 9 heterocycles. The van der Waals surface area contributed by atoms with Crippen LogP contribution in [0.1, 0.15) is 118 Å². The van der Waals surface area contributed by atoms with Crippen LogP contribution in [0, 0.1) is 21.4 Å². The number of nitrogens with one attached hydrogen (secondary N) is 3. The van der Waals surface area contributed by atoms with Gasteiger partial charge in [0.1, 0.15) is 28.9 Å². The van der Waals surface area contributed by atoms with Crippen molar-refractivity contribution in [2.24, 2.45) is 11.3 Å². The first-order valence-electron chi connectivity index (χ1n) is 32.5. The summed E-state index contributed by atoms with van der Waals surface area (Å²) >= 11 is 0. The Bertz CT molecular complexity index is 3800. The van der Waals surface area contributed by atoms with Crippen LogP contribution in [0.4, 0.5) is 34.3 Å². The summed E-state index contributed by atoms with van der Waals surface area (Å²) < 4.78 is 68.4. The number of aromatic amines is 1. The number of ether oxygens (including phenoxy) is 6. The van der Waals surface area contributed by atoms with E-state index in [1.54, 1.807) is 13.2 Å². The van der Waals surface area contributed by atoms with Crippen molar-refractivity contribution in [2.75, 3.05) is 113 Å². The number of morpholine rings is 1. The lowest BCUT2D eigenvalue weighted by atomic mass is 9.59. The fraction of sp³-hybridized carbons (Fsp3) is 0.537. The molecule has 24 heteroatoms. The molecule has 3 aromatic carbocycles. The predicted molar refractivity (Wildman–Crippen MR) is 343 cm³/mol. The summed E-state index contributed by atoms with van der Waals surface area (Å²) in [4.78, 5) is 51.6. The monoisotopic (exact) mass is 1270 g/mol. The maximum atomic E-state index is 14.9. The molecule has 0 unspecified atom stereocenters. The molecule has 484 valence electrons. The van der Waals surface area contributed by atoms with Gasteiger partial charge in [-0.25, -0.2) is 18.1 Å². The van der Waals surface area contributed by atoms with Crippen LogP contribution in [-0.2, 0) is 30.8 Å². The van der Waals surface area contributed by atoms with Gasteiger partial charge in [-0.15, -0.1) is 0 Å². The third-order valence-corrected chi connectivity index (χ3v) is 22.0.